The van der Waals surface area contributed by atoms with Gasteiger partial charge in [0.15, 0.2) is 11.5 Å². The number of hydrogen-bond acceptors (Lipinski definition) is 5. The van der Waals surface area contributed by atoms with Crippen molar-refractivity contribution in [2.24, 2.45) is 5.92 Å². The van der Waals surface area contributed by atoms with Gasteiger partial charge in [0.2, 0.25) is 11.7 Å². The van der Waals surface area contributed by atoms with Crippen LogP contribution in [0.15, 0.2) is 12.1 Å². The van der Waals surface area contributed by atoms with E-state index in [1.54, 1.807) is 19.2 Å². The predicted molar refractivity (Wildman–Crippen MR) is 77.4 cm³/mol. The van der Waals surface area contributed by atoms with Crippen molar-refractivity contribution < 1.29 is 28.9 Å². The lowest BCUT2D eigenvalue weighted by Gasteiger charge is -2.25. The molecule has 0 saturated carbocycles. The molecule has 1 amide bonds. The van der Waals surface area contributed by atoms with Gasteiger partial charge in [-0.1, -0.05) is 0 Å². The molecule has 1 N–H and O–H groups in total. The highest BCUT2D eigenvalue weighted by Gasteiger charge is 2.43. The highest BCUT2D eigenvalue weighted by molar-refractivity contribution is 5.87. The number of benzene rings is 1. The van der Waals surface area contributed by atoms with Gasteiger partial charge < -0.3 is 24.2 Å². The standard InChI is InChI=1S/C15H19NO6/c1-16-12(17)7-9(15(18)19)13(16)8-5-10(20-2)14(22-4)11(6-8)21-3/h5-6,9,13H,7H2,1-4H3,(H,18,19)/t9-,13-/m0/s1. The molecule has 0 bridgehead atoms. The number of methoxy groups -OCH3 is 3. The topological polar surface area (TPSA) is 85.3 Å². The number of likely N-dealkylation sites (tertiary alicyclic amines) is 1. The minimum atomic E-state index is -1.00. The van der Waals surface area contributed by atoms with Gasteiger partial charge in [-0.15, -0.1) is 0 Å². The number of nitrogens with zero attached hydrogens (tertiary/aromatic N) is 1. The zero-order valence-electron chi connectivity index (χ0n) is 13.0. The van der Waals surface area contributed by atoms with Crippen LogP contribution in [0.3, 0.4) is 0 Å². The number of carboxylic acid groups (broad SMARTS) is 1. The van der Waals surface area contributed by atoms with Crippen LogP contribution >= 0.6 is 0 Å². The molecule has 2 rings (SSSR count). The summed E-state index contributed by atoms with van der Waals surface area (Å²) in [6, 6.07) is 2.78. The summed E-state index contributed by atoms with van der Waals surface area (Å²) < 4.78 is 15.8. The maximum Gasteiger partial charge on any atom is 0.309 e. The molecule has 0 aromatic heterocycles. The van der Waals surface area contributed by atoms with Crippen LogP contribution in [0, 0.1) is 5.92 Å². The van der Waals surface area contributed by atoms with Gasteiger partial charge in [0.1, 0.15) is 0 Å². The van der Waals surface area contributed by atoms with Crippen LogP contribution in [-0.2, 0) is 9.59 Å². The zero-order valence-corrected chi connectivity index (χ0v) is 13.0. The number of carboxylic acids is 1. The Kier molecular flexibility index (Phi) is 4.44. The van der Waals surface area contributed by atoms with E-state index >= 15 is 0 Å². The Morgan fingerprint density at radius 3 is 2.14 bits per heavy atom. The molecule has 2 atom stereocenters. The molecule has 1 aromatic carbocycles. The van der Waals surface area contributed by atoms with Crippen LogP contribution in [-0.4, -0.2) is 50.3 Å². The second-order valence-corrected chi connectivity index (χ2v) is 5.06. The molecule has 0 unspecified atom stereocenters. The van der Waals surface area contributed by atoms with Gasteiger partial charge in [-0.25, -0.2) is 0 Å². The van der Waals surface area contributed by atoms with E-state index in [0.29, 0.717) is 22.8 Å². The quantitative estimate of drug-likeness (QED) is 0.883. The fourth-order valence-corrected chi connectivity index (χ4v) is 2.82. The Balaban J connectivity index is 2.55. The van der Waals surface area contributed by atoms with E-state index in [1.165, 1.54) is 26.2 Å². The van der Waals surface area contributed by atoms with Crippen LogP contribution < -0.4 is 14.2 Å². The molecule has 1 aromatic rings. The zero-order chi connectivity index (χ0) is 16.4. The second kappa shape index (κ2) is 6.13. The maximum atomic E-state index is 11.9. The van der Waals surface area contributed by atoms with E-state index in [-0.39, 0.29) is 12.3 Å². The first-order chi connectivity index (χ1) is 10.4. The molecule has 7 heteroatoms. The molecule has 1 aliphatic heterocycles. The van der Waals surface area contributed by atoms with E-state index in [0.717, 1.165) is 0 Å². The molecule has 120 valence electrons. The summed E-state index contributed by atoms with van der Waals surface area (Å²) in [4.78, 5) is 24.8. The third-order valence-electron chi connectivity index (χ3n) is 3.93. The molecule has 22 heavy (non-hydrogen) atoms. The van der Waals surface area contributed by atoms with E-state index in [1.807, 2.05) is 0 Å². The molecule has 1 fully saturated rings. The van der Waals surface area contributed by atoms with Crippen molar-refractivity contribution in [3.05, 3.63) is 17.7 Å². The smallest absolute Gasteiger partial charge is 0.309 e. The molecule has 1 saturated heterocycles. The molecule has 0 aliphatic carbocycles. The third kappa shape index (κ3) is 2.54. The highest BCUT2D eigenvalue weighted by Crippen LogP contribution is 2.44. The van der Waals surface area contributed by atoms with Gasteiger partial charge in [0.05, 0.1) is 33.3 Å². The van der Waals surface area contributed by atoms with Crippen molar-refractivity contribution in [1.29, 1.82) is 0 Å². The van der Waals surface area contributed by atoms with Crippen molar-refractivity contribution in [1.82, 2.24) is 4.90 Å². The Morgan fingerprint density at radius 2 is 1.73 bits per heavy atom. The SMILES string of the molecule is COc1cc([C@H]2[C@@H](C(=O)O)CC(=O)N2C)cc(OC)c1OC. The first-order valence-electron chi connectivity index (χ1n) is 6.73. The number of ether oxygens (including phenoxy) is 3. The summed E-state index contributed by atoms with van der Waals surface area (Å²) in [6.07, 6.45) is -0.0207. The van der Waals surface area contributed by atoms with Gasteiger partial charge in [0, 0.05) is 13.5 Å². The summed E-state index contributed by atoms with van der Waals surface area (Å²) in [6.45, 7) is 0. The number of hydrogen-bond donors (Lipinski definition) is 1. The normalized spacial score (nSPS) is 20.9. The fraction of sp³-hybridized carbons (Fsp3) is 0.467. The van der Waals surface area contributed by atoms with Crippen LogP contribution in [0.2, 0.25) is 0 Å². The monoisotopic (exact) mass is 309 g/mol. The van der Waals surface area contributed by atoms with Crippen molar-refractivity contribution >= 4 is 11.9 Å². The maximum absolute atomic E-state index is 11.9. The van der Waals surface area contributed by atoms with E-state index < -0.39 is 17.9 Å². The average Bonchev–Trinajstić information content (AvgIpc) is 2.81. The van der Waals surface area contributed by atoms with Crippen molar-refractivity contribution in [3.63, 3.8) is 0 Å². The summed E-state index contributed by atoms with van der Waals surface area (Å²) in [5, 5.41) is 9.37. The Bertz CT molecular complexity index is 575. The first-order valence-corrected chi connectivity index (χ1v) is 6.73. The predicted octanol–water partition coefficient (Wildman–Crippen LogP) is 1.32. The number of amides is 1. The largest absolute Gasteiger partial charge is 0.493 e. The number of carbonyl (C=O) groups excluding carboxylic acids is 1. The minimum absolute atomic E-state index is 0.0207. The highest BCUT2D eigenvalue weighted by atomic mass is 16.5. The number of carbonyl (C=O) groups is 2. The fourth-order valence-electron chi connectivity index (χ4n) is 2.82. The molecule has 0 spiro atoms. The first kappa shape index (κ1) is 15.9. The van der Waals surface area contributed by atoms with Crippen LogP contribution in [0.25, 0.3) is 0 Å². The van der Waals surface area contributed by atoms with Gasteiger partial charge >= 0.3 is 5.97 Å². The van der Waals surface area contributed by atoms with E-state index in [4.69, 9.17) is 14.2 Å². The number of rotatable bonds is 5. The van der Waals surface area contributed by atoms with Gasteiger partial charge in [-0.05, 0) is 17.7 Å². The molecule has 7 nitrogen and oxygen atoms in total. The number of aliphatic carboxylic acids is 1. The Morgan fingerprint density at radius 1 is 1.18 bits per heavy atom. The summed E-state index contributed by atoms with van der Waals surface area (Å²) in [7, 11) is 6.06. The summed E-state index contributed by atoms with van der Waals surface area (Å²) in [5.74, 6) is -0.738. The Labute approximate surface area is 128 Å². The summed E-state index contributed by atoms with van der Waals surface area (Å²) >= 11 is 0. The average molecular weight is 309 g/mol. The lowest BCUT2D eigenvalue weighted by atomic mass is 9.93. The molecule has 0 radical (unpaired) electrons. The second-order valence-electron chi connectivity index (χ2n) is 5.06. The molecular weight excluding hydrogens is 290 g/mol. The third-order valence-corrected chi connectivity index (χ3v) is 3.93. The van der Waals surface area contributed by atoms with Crippen LogP contribution in [0.4, 0.5) is 0 Å². The van der Waals surface area contributed by atoms with Gasteiger partial charge in [0.25, 0.3) is 0 Å². The van der Waals surface area contributed by atoms with E-state index in [9.17, 15) is 14.7 Å². The summed E-state index contributed by atoms with van der Waals surface area (Å²) in [5.41, 5.74) is 0.634. The molecule has 1 aliphatic rings. The molecular formula is C15H19NO6. The minimum Gasteiger partial charge on any atom is -0.493 e. The lowest BCUT2D eigenvalue weighted by Crippen LogP contribution is -2.27. The lowest BCUT2D eigenvalue weighted by molar-refractivity contribution is -0.142. The van der Waals surface area contributed by atoms with Crippen molar-refractivity contribution in [2.75, 3.05) is 28.4 Å². The van der Waals surface area contributed by atoms with Crippen molar-refractivity contribution in [2.45, 2.75) is 12.5 Å². The van der Waals surface area contributed by atoms with Crippen LogP contribution in [0.5, 0.6) is 17.2 Å². The van der Waals surface area contributed by atoms with Crippen molar-refractivity contribution in [3.8, 4) is 17.2 Å². The van der Waals surface area contributed by atoms with Crippen LogP contribution in [0.1, 0.15) is 18.0 Å². The Hall–Kier alpha value is -2.44. The van der Waals surface area contributed by atoms with Gasteiger partial charge in [-0.3, -0.25) is 9.59 Å². The van der Waals surface area contributed by atoms with E-state index in [2.05, 4.69) is 0 Å². The van der Waals surface area contributed by atoms with Gasteiger partial charge in [-0.2, -0.15) is 0 Å². The molecule has 1 heterocycles.